The van der Waals surface area contributed by atoms with Crippen LogP contribution in [0, 0.1) is 5.92 Å². The van der Waals surface area contributed by atoms with Crippen LogP contribution in [0.2, 0.25) is 0 Å². The first-order valence-corrected chi connectivity index (χ1v) is 10.4. The predicted molar refractivity (Wildman–Crippen MR) is 110 cm³/mol. The summed E-state index contributed by atoms with van der Waals surface area (Å²) in [6, 6.07) is 12.7. The Morgan fingerprint density at radius 1 is 1.25 bits per heavy atom. The standard InChI is InChI=1S/C21H22N4O2S/c1-2-14-8-9-17-18(12-14)28-21(22-17)23-19(26)13-25-20(27)11-10-16(24-25)15-6-4-3-5-7-15/h3-7,10-11,14H,2,8-9,12-13H2,1H3,(H,22,23,26). The normalized spacial score (nSPS) is 15.8. The summed E-state index contributed by atoms with van der Waals surface area (Å²) in [5.41, 5.74) is 2.35. The van der Waals surface area contributed by atoms with Crippen molar-refractivity contribution in [1.82, 2.24) is 14.8 Å². The van der Waals surface area contributed by atoms with E-state index in [2.05, 4.69) is 22.3 Å². The van der Waals surface area contributed by atoms with Gasteiger partial charge in [0.2, 0.25) is 5.91 Å². The van der Waals surface area contributed by atoms with Gasteiger partial charge in [-0.15, -0.1) is 11.3 Å². The molecule has 0 saturated carbocycles. The number of aryl methyl sites for hydroxylation is 1. The van der Waals surface area contributed by atoms with Crippen molar-refractivity contribution in [2.45, 2.75) is 39.2 Å². The van der Waals surface area contributed by atoms with E-state index in [9.17, 15) is 9.59 Å². The number of carbonyl (C=O) groups is 1. The SMILES string of the molecule is CCC1CCc2nc(NC(=O)Cn3nc(-c4ccccc4)ccc3=O)sc2C1. The van der Waals surface area contributed by atoms with Crippen molar-refractivity contribution >= 4 is 22.4 Å². The van der Waals surface area contributed by atoms with Gasteiger partial charge in [-0.2, -0.15) is 5.10 Å². The van der Waals surface area contributed by atoms with E-state index < -0.39 is 0 Å². The zero-order valence-electron chi connectivity index (χ0n) is 15.7. The molecule has 144 valence electrons. The minimum Gasteiger partial charge on any atom is -0.300 e. The monoisotopic (exact) mass is 394 g/mol. The van der Waals surface area contributed by atoms with Crippen LogP contribution in [-0.4, -0.2) is 20.7 Å². The molecule has 1 amide bonds. The van der Waals surface area contributed by atoms with Crippen LogP contribution >= 0.6 is 11.3 Å². The number of fused-ring (bicyclic) bond motifs is 1. The fourth-order valence-electron chi connectivity index (χ4n) is 3.47. The summed E-state index contributed by atoms with van der Waals surface area (Å²) < 4.78 is 1.19. The highest BCUT2D eigenvalue weighted by Gasteiger charge is 2.22. The minimum atomic E-state index is -0.306. The summed E-state index contributed by atoms with van der Waals surface area (Å²) in [5, 5.41) is 7.78. The minimum absolute atomic E-state index is 0.138. The lowest BCUT2D eigenvalue weighted by molar-refractivity contribution is -0.117. The maximum atomic E-state index is 12.5. The number of anilines is 1. The number of hydrogen-bond donors (Lipinski definition) is 1. The molecule has 1 atom stereocenters. The molecule has 1 aliphatic rings. The van der Waals surface area contributed by atoms with E-state index in [0.717, 1.165) is 30.5 Å². The van der Waals surface area contributed by atoms with E-state index in [1.54, 1.807) is 17.4 Å². The summed E-state index contributed by atoms with van der Waals surface area (Å²) in [5.74, 6) is 0.415. The van der Waals surface area contributed by atoms with Crippen LogP contribution in [0.15, 0.2) is 47.3 Å². The van der Waals surface area contributed by atoms with Crippen molar-refractivity contribution in [1.29, 1.82) is 0 Å². The molecule has 0 fully saturated rings. The van der Waals surface area contributed by atoms with Gasteiger partial charge in [-0.3, -0.25) is 9.59 Å². The molecule has 0 radical (unpaired) electrons. The summed E-state index contributed by atoms with van der Waals surface area (Å²) in [4.78, 5) is 30.4. The van der Waals surface area contributed by atoms with Crippen LogP contribution in [0.1, 0.15) is 30.3 Å². The predicted octanol–water partition coefficient (Wildman–Crippen LogP) is 3.52. The number of hydrogen-bond acceptors (Lipinski definition) is 5. The van der Waals surface area contributed by atoms with Gasteiger partial charge in [-0.25, -0.2) is 9.67 Å². The maximum Gasteiger partial charge on any atom is 0.267 e. The van der Waals surface area contributed by atoms with E-state index in [1.165, 1.54) is 22.0 Å². The summed E-state index contributed by atoms with van der Waals surface area (Å²) in [6.45, 7) is 2.08. The van der Waals surface area contributed by atoms with E-state index in [0.29, 0.717) is 16.7 Å². The van der Waals surface area contributed by atoms with Crippen LogP contribution in [0.3, 0.4) is 0 Å². The fourth-order valence-corrected chi connectivity index (χ4v) is 4.60. The van der Waals surface area contributed by atoms with Gasteiger partial charge in [-0.05, 0) is 31.2 Å². The van der Waals surface area contributed by atoms with Crippen molar-refractivity contribution in [3.63, 3.8) is 0 Å². The van der Waals surface area contributed by atoms with Crippen molar-refractivity contribution in [3.05, 3.63) is 63.4 Å². The molecule has 0 aliphatic heterocycles. The number of benzene rings is 1. The molecule has 1 N–H and O–H groups in total. The second-order valence-corrected chi connectivity index (χ2v) is 8.12. The Balaban J connectivity index is 1.47. The molecule has 0 spiro atoms. The fraction of sp³-hybridized carbons (Fsp3) is 0.333. The van der Waals surface area contributed by atoms with E-state index >= 15 is 0 Å². The van der Waals surface area contributed by atoms with Gasteiger partial charge in [0, 0.05) is 16.5 Å². The Bertz CT molecular complexity index is 1040. The van der Waals surface area contributed by atoms with Gasteiger partial charge in [-0.1, -0.05) is 43.7 Å². The molecule has 1 aliphatic carbocycles. The van der Waals surface area contributed by atoms with Gasteiger partial charge in [0.15, 0.2) is 5.13 Å². The Morgan fingerprint density at radius 3 is 2.86 bits per heavy atom. The van der Waals surface area contributed by atoms with Gasteiger partial charge >= 0.3 is 0 Å². The third-order valence-corrected chi connectivity index (χ3v) is 6.13. The molecule has 2 aromatic heterocycles. The molecule has 6 nitrogen and oxygen atoms in total. The molecule has 0 bridgehead atoms. The Morgan fingerprint density at radius 2 is 2.07 bits per heavy atom. The zero-order valence-corrected chi connectivity index (χ0v) is 16.5. The topological polar surface area (TPSA) is 76.9 Å². The third kappa shape index (κ3) is 4.04. The lowest BCUT2D eigenvalue weighted by Crippen LogP contribution is -2.29. The lowest BCUT2D eigenvalue weighted by Gasteiger charge is -2.18. The van der Waals surface area contributed by atoms with Gasteiger partial charge in [0.1, 0.15) is 6.54 Å². The van der Waals surface area contributed by atoms with Crippen LogP contribution < -0.4 is 10.9 Å². The third-order valence-electron chi connectivity index (χ3n) is 5.09. The molecular formula is C21H22N4O2S. The quantitative estimate of drug-likeness (QED) is 0.718. The highest BCUT2D eigenvalue weighted by atomic mass is 32.1. The molecular weight excluding hydrogens is 372 g/mol. The summed E-state index contributed by atoms with van der Waals surface area (Å²) in [7, 11) is 0. The average molecular weight is 395 g/mol. The highest BCUT2D eigenvalue weighted by molar-refractivity contribution is 7.15. The van der Waals surface area contributed by atoms with Gasteiger partial charge in [0.25, 0.3) is 5.56 Å². The molecule has 1 unspecified atom stereocenters. The molecule has 4 rings (SSSR count). The smallest absolute Gasteiger partial charge is 0.267 e. The first-order chi connectivity index (χ1) is 13.6. The number of nitrogens with one attached hydrogen (secondary N) is 1. The largest absolute Gasteiger partial charge is 0.300 e. The van der Waals surface area contributed by atoms with Crippen molar-refractivity contribution < 1.29 is 4.79 Å². The molecule has 2 heterocycles. The number of carbonyl (C=O) groups excluding carboxylic acids is 1. The van der Waals surface area contributed by atoms with E-state index in [4.69, 9.17) is 0 Å². The maximum absolute atomic E-state index is 12.5. The summed E-state index contributed by atoms with van der Waals surface area (Å²) in [6.07, 6.45) is 4.34. The second kappa shape index (κ2) is 8.06. The molecule has 1 aromatic carbocycles. The van der Waals surface area contributed by atoms with Gasteiger partial charge in [0.05, 0.1) is 11.4 Å². The van der Waals surface area contributed by atoms with Crippen molar-refractivity contribution in [2.24, 2.45) is 5.92 Å². The number of nitrogens with zero attached hydrogens (tertiary/aromatic N) is 3. The number of aromatic nitrogens is 3. The van der Waals surface area contributed by atoms with E-state index in [-0.39, 0.29) is 18.0 Å². The Kier molecular flexibility index (Phi) is 5.34. The van der Waals surface area contributed by atoms with Crippen LogP contribution in [0.4, 0.5) is 5.13 Å². The average Bonchev–Trinajstić information content (AvgIpc) is 3.11. The van der Waals surface area contributed by atoms with Crippen LogP contribution in [-0.2, 0) is 24.2 Å². The van der Waals surface area contributed by atoms with E-state index in [1.807, 2.05) is 30.3 Å². The number of thiazole rings is 1. The summed E-state index contributed by atoms with van der Waals surface area (Å²) >= 11 is 1.55. The first kappa shape index (κ1) is 18.6. The highest BCUT2D eigenvalue weighted by Crippen LogP contribution is 2.33. The Hall–Kier alpha value is -2.80. The number of rotatable bonds is 5. The second-order valence-electron chi connectivity index (χ2n) is 7.03. The molecule has 0 saturated heterocycles. The Labute approximate surface area is 167 Å². The first-order valence-electron chi connectivity index (χ1n) is 9.54. The van der Waals surface area contributed by atoms with Crippen LogP contribution in [0.5, 0.6) is 0 Å². The zero-order chi connectivity index (χ0) is 19.5. The number of amides is 1. The molecule has 28 heavy (non-hydrogen) atoms. The lowest BCUT2D eigenvalue weighted by atomic mass is 9.89. The van der Waals surface area contributed by atoms with Crippen LogP contribution in [0.25, 0.3) is 11.3 Å². The van der Waals surface area contributed by atoms with Crippen molar-refractivity contribution in [3.8, 4) is 11.3 Å². The molecule has 7 heteroatoms. The van der Waals surface area contributed by atoms with Gasteiger partial charge < -0.3 is 5.32 Å². The molecule has 3 aromatic rings. The van der Waals surface area contributed by atoms with Crippen molar-refractivity contribution in [2.75, 3.05) is 5.32 Å².